The molecule has 4 N–H and O–H groups in total. The molecule has 0 radical (unpaired) electrons. The maximum atomic E-state index is 11.2. The van der Waals surface area contributed by atoms with Crippen LogP contribution in [0.3, 0.4) is 0 Å². The van der Waals surface area contributed by atoms with Crippen molar-refractivity contribution >= 4 is 23.0 Å². The topological polar surface area (TPSA) is 84.8 Å². The fourth-order valence-corrected chi connectivity index (χ4v) is 2.99. The van der Waals surface area contributed by atoms with Crippen LogP contribution in [-0.4, -0.2) is 39.2 Å². The number of nitrogens with two attached hydrogens (primary N) is 2. The molecule has 6 heteroatoms. The molecule has 0 bridgehead atoms. The Bertz CT molecular complexity index is 722. The van der Waals surface area contributed by atoms with Gasteiger partial charge in [-0.15, -0.1) is 0 Å². The summed E-state index contributed by atoms with van der Waals surface area (Å²) in [5.74, 6) is 0.400. The molecule has 3 rings (SSSR count). The fraction of sp³-hybridized carbons (Fsp3) is 0.278. The minimum absolute atomic E-state index is 0.438. The molecule has 1 amide bonds. The number of nitrogen functional groups attached to an aromatic ring is 1. The summed E-state index contributed by atoms with van der Waals surface area (Å²) < 4.78 is 5.20. The molecule has 2 aromatic rings. The Morgan fingerprint density at radius 2 is 1.62 bits per heavy atom. The quantitative estimate of drug-likeness (QED) is 0.836. The van der Waals surface area contributed by atoms with Crippen molar-refractivity contribution in [3.63, 3.8) is 0 Å². The molecule has 24 heavy (non-hydrogen) atoms. The van der Waals surface area contributed by atoms with Crippen molar-refractivity contribution in [2.75, 3.05) is 48.8 Å². The molecule has 1 aliphatic rings. The summed E-state index contributed by atoms with van der Waals surface area (Å²) in [5, 5.41) is 0. The summed E-state index contributed by atoms with van der Waals surface area (Å²) >= 11 is 0. The average molecular weight is 326 g/mol. The standard InChI is InChI=1S/C18H22N4O2/c1-24-15-5-3-14(4-6-15)21-8-10-22(11-9-21)17-7-2-13(18(20)23)12-16(17)19/h2-7,12H,8-11,19H2,1H3,(H2,20,23). The molecule has 1 heterocycles. The molecule has 1 aliphatic heterocycles. The Morgan fingerprint density at radius 1 is 1.00 bits per heavy atom. The minimum atomic E-state index is -0.461. The highest BCUT2D eigenvalue weighted by Crippen LogP contribution is 2.27. The van der Waals surface area contributed by atoms with Crippen LogP contribution in [0.4, 0.5) is 17.1 Å². The van der Waals surface area contributed by atoms with Gasteiger partial charge < -0.3 is 26.0 Å². The zero-order valence-electron chi connectivity index (χ0n) is 13.7. The molecule has 1 saturated heterocycles. The van der Waals surface area contributed by atoms with Crippen molar-refractivity contribution in [3.05, 3.63) is 48.0 Å². The zero-order valence-corrected chi connectivity index (χ0v) is 13.7. The van der Waals surface area contributed by atoms with E-state index >= 15 is 0 Å². The highest BCUT2D eigenvalue weighted by Gasteiger charge is 2.19. The van der Waals surface area contributed by atoms with E-state index < -0.39 is 5.91 Å². The van der Waals surface area contributed by atoms with Gasteiger partial charge in [0.15, 0.2) is 0 Å². The number of benzene rings is 2. The van der Waals surface area contributed by atoms with Gasteiger partial charge in [-0.1, -0.05) is 0 Å². The van der Waals surface area contributed by atoms with Crippen LogP contribution in [0, 0.1) is 0 Å². The van der Waals surface area contributed by atoms with E-state index in [0.717, 1.165) is 37.6 Å². The number of anilines is 3. The van der Waals surface area contributed by atoms with Crippen LogP contribution in [0.25, 0.3) is 0 Å². The lowest BCUT2D eigenvalue weighted by Crippen LogP contribution is -2.46. The SMILES string of the molecule is COc1ccc(N2CCN(c3ccc(C(N)=O)cc3N)CC2)cc1. The number of nitrogens with zero attached hydrogens (tertiary/aromatic N) is 2. The van der Waals surface area contributed by atoms with Crippen LogP contribution in [0.15, 0.2) is 42.5 Å². The molecule has 0 atom stereocenters. The Kier molecular flexibility index (Phi) is 4.46. The summed E-state index contributed by atoms with van der Waals surface area (Å²) in [6.07, 6.45) is 0. The predicted molar refractivity (Wildman–Crippen MR) is 96.8 cm³/mol. The third-order valence-electron chi connectivity index (χ3n) is 4.37. The predicted octanol–water partition coefficient (Wildman–Crippen LogP) is 1.70. The number of hydrogen-bond acceptors (Lipinski definition) is 5. The monoisotopic (exact) mass is 326 g/mol. The molecule has 0 spiro atoms. The van der Waals surface area contributed by atoms with Crippen molar-refractivity contribution in [3.8, 4) is 5.75 Å². The van der Waals surface area contributed by atoms with Gasteiger partial charge in [-0.05, 0) is 42.5 Å². The van der Waals surface area contributed by atoms with Gasteiger partial charge in [-0.2, -0.15) is 0 Å². The summed E-state index contributed by atoms with van der Waals surface area (Å²) in [6, 6.07) is 13.3. The third kappa shape index (κ3) is 3.22. The number of amides is 1. The molecule has 2 aromatic carbocycles. The first-order valence-corrected chi connectivity index (χ1v) is 7.92. The minimum Gasteiger partial charge on any atom is -0.497 e. The number of carbonyl (C=O) groups is 1. The van der Waals surface area contributed by atoms with Crippen LogP contribution < -0.4 is 26.0 Å². The number of rotatable bonds is 4. The highest BCUT2D eigenvalue weighted by atomic mass is 16.5. The molecule has 0 aromatic heterocycles. The largest absolute Gasteiger partial charge is 0.497 e. The number of piperazine rings is 1. The Labute approximate surface area is 141 Å². The number of ether oxygens (including phenoxy) is 1. The van der Waals surface area contributed by atoms with Gasteiger partial charge in [0, 0.05) is 37.4 Å². The second-order valence-electron chi connectivity index (χ2n) is 5.81. The van der Waals surface area contributed by atoms with Gasteiger partial charge in [0.25, 0.3) is 0 Å². The summed E-state index contributed by atoms with van der Waals surface area (Å²) in [4.78, 5) is 15.8. The van der Waals surface area contributed by atoms with Gasteiger partial charge in [0.1, 0.15) is 5.75 Å². The van der Waals surface area contributed by atoms with E-state index in [1.807, 2.05) is 18.2 Å². The number of primary amides is 1. The van der Waals surface area contributed by atoms with E-state index in [1.54, 1.807) is 19.2 Å². The van der Waals surface area contributed by atoms with Crippen molar-refractivity contribution in [2.45, 2.75) is 0 Å². The fourth-order valence-electron chi connectivity index (χ4n) is 2.99. The zero-order chi connectivity index (χ0) is 17.1. The molecule has 6 nitrogen and oxygen atoms in total. The first-order valence-electron chi connectivity index (χ1n) is 7.92. The maximum Gasteiger partial charge on any atom is 0.248 e. The van der Waals surface area contributed by atoms with Crippen LogP contribution in [0.2, 0.25) is 0 Å². The Balaban J connectivity index is 1.67. The van der Waals surface area contributed by atoms with Crippen LogP contribution in [-0.2, 0) is 0 Å². The first-order chi connectivity index (χ1) is 11.6. The van der Waals surface area contributed by atoms with E-state index in [1.165, 1.54) is 5.69 Å². The van der Waals surface area contributed by atoms with Gasteiger partial charge in [0.05, 0.1) is 18.5 Å². The summed E-state index contributed by atoms with van der Waals surface area (Å²) in [6.45, 7) is 3.55. The maximum absolute atomic E-state index is 11.2. The Hall–Kier alpha value is -2.89. The van der Waals surface area contributed by atoms with Gasteiger partial charge in [0.2, 0.25) is 5.91 Å². The Morgan fingerprint density at radius 3 is 2.17 bits per heavy atom. The third-order valence-corrected chi connectivity index (χ3v) is 4.37. The second-order valence-corrected chi connectivity index (χ2v) is 5.81. The lowest BCUT2D eigenvalue weighted by Gasteiger charge is -2.38. The molecule has 0 unspecified atom stereocenters. The van der Waals surface area contributed by atoms with Crippen LogP contribution in [0.5, 0.6) is 5.75 Å². The first kappa shape index (κ1) is 16.0. The normalized spacial score (nSPS) is 14.5. The van der Waals surface area contributed by atoms with Gasteiger partial charge in [-0.3, -0.25) is 4.79 Å². The summed E-state index contributed by atoms with van der Waals surface area (Å²) in [5.41, 5.74) is 14.5. The highest BCUT2D eigenvalue weighted by molar-refractivity contribution is 5.94. The van der Waals surface area contributed by atoms with E-state index in [0.29, 0.717) is 11.3 Å². The number of methoxy groups -OCH3 is 1. The molecule has 1 fully saturated rings. The average Bonchev–Trinajstić information content (AvgIpc) is 2.62. The molecular formula is C18H22N4O2. The van der Waals surface area contributed by atoms with Crippen LogP contribution in [0.1, 0.15) is 10.4 Å². The van der Waals surface area contributed by atoms with E-state index in [2.05, 4.69) is 21.9 Å². The molecule has 0 aliphatic carbocycles. The lowest BCUT2D eigenvalue weighted by molar-refractivity contribution is 0.100. The van der Waals surface area contributed by atoms with Crippen molar-refractivity contribution < 1.29 is 9.53 Å². The second kappa shape index (κ2) is 6.70. The summed E-state index contributed by atoms with van der Waals surface area (Å²) in [7, 11) is 1.67. The van der Waals surface area contributed by atoms with Crippen molar-refractivity contribution in [1.29, 1.82) is 0 Å². The van der Waals surface area contributed by atoms with Crippen molar-refractivity contribution in [1.82, 2.24) is 0 Å². The van der Waals surface area contributed by atoms with Crippen LogP contribution >= 0.6 is 0 Å². The van der Waals surface area contributed by atoms with Crippen molar-refractivity contribution in [2.24, 2.45) is 5.73 Å². The molecule has 126 valence electrons. The van der Waals surface area contributed by atoms with E-state index in [9.17, 15) is 4.79 Å². The molecular weight excluding hydrogens is 304 g/mol. The number of hydrogen-bond donors (Lipinski definition) is 2. The smallest absolute Gasteiger partial charge is 0.248 e. The van der Waals surface area contributed by atoms with Gasteiger partial charge >= 0.3 is 0 Å². The van der Waals surface area contributed by atoms with E-state index in [-0.39, 0.29) is 0 Å². The van der Waals surface area contributed by atoms with E-state index in [4.69, 9.17) is 16.2 Å². The number of carbonyl (C=O) groups excluding carboxylic acids is 1. The lowest BCUT2D eigenvalue weighted by atomic mass is 10.1. The molecule has 0 saturated carbocycles. The van der Waals surface area contributed by atoms with Gasteiger partial charge in [-0.25, -0.2) is 0 Å².